The van der Waals surface area contributed by atoms with Gasteiger partial charge in [0.2, 0.25) is 0 Å². The van der Waals surface area contributed by atoms with Crippen molar-refractivity contribution in [3.63, 3.8) is 0 Å². The second-order valence-electron chi connectivity index (χ2n) is 7.12. The van der Waals surface area contributed by atoms with Crippen LogP contribution in [0.3, 0.4) is 0 Å². The summed E-state index contributed by atoms with van der Waals surface area (Å²) in [7, 11) is 2.12. The van der Waals surface area contributed by atoms with E-state index in [1.54, 1.807) is 0 Å². The Labute approximate surface area is 141 Å². The van der Waals surface area contributed by atoms with Crippen molar-refractivity contribution in [2.24, 2.45) is 7.05 Å². The summed E-state index contributed by atoms with van der Waals surface area (Å²) >= 11 is 0. The van der Waals surface area contributed by atoms with Crippen molar-refractivity contribution >= 4 is 17.0 Å². The van der Waals surface area contributed by atoms with Crippen LogP contribution in [0.5, 0.6) is 11.5 Å². The molecule has 3 heteroatoms. The number of para-hydroxylation sites is 1. The van der Waals surface area contributed by atoms with Crippen LogP contribution in [0.25, 0.3) is 28.2 Å². The van der Waals surface area contributed by atoms with Crippen molar-refractivity contribution in [1.82, 2.24) is 4.57 Å². The normalized spacial score (nSPS) is 16.8. The third-order valence-corrected chi connectivity index (χ3v) is 4.99. The highest BCUT2D eigenvalue weighted by molar-refractivity contribution is 5.96. The van der Waals surface area contributed by atoms with Gasteiger partial charge in [0.15, 0.2) is 0 Å². The Balaban J connectivity index is 1.81. The third-order valence-electron chi connectivity index (χ3n) is 4.99. The van der Waals surface area contributed by atoms with Gasteiger partial charge in [-0.25, -0.2) is 0 Å². The summed E-state index contributed by atoms with van der Waals surface area (Å²) in [5.74, 6) is 1.90. The Hall–Kier alpha value is -2.68. The van der Waals surface area contributed by atoms with Crippen LogP contribution in [0.1, 0.15) is 25.0 Å². The Bertz CT molecular complexity index is 1020. The van der Waals surface area contributed by atoms with Crippen LogP contribution in [-0.4, -0.2) is 10.2 Å². The molecule has 0 amide bonds. The second kappa shape index (κ2) is 4.44. The quantitative estimate of drug-likeness (QED) is 0.587. The minimum atomic E-state index is -0.263. The number of rotatable bonds is 0. The van der Waals surface area contributed by atoms with E-state index in [9.17, 15) is 0 Å². The van der Waals surface area contributed by atoms with Crippen LogP contribution < -0.4 is 9.47 Å². The monoisotopic (exact) mass is 317 g/mol. The number of fused-ring (bicyclic) bond motifs is 6. The first kappa shape index (κ1) is 13.7. The van der Waals surface area contributed by atoms with Crippen LogP contribution in [0.4, 0.5) is 0 Å². The Kier molecular flexibility index (Phi) is 2.54. The highest BCUT2D eigenvalue weighted by Gasteiger charge is 2.27. The zero-order valence-electron chi connectivity index (χ0n) is 14.1. The number of hydrogen-bond acceptors (Lipinski definition) is 2. The van der Waals surface area contributed by atoms with Crippen LogP contribution in [-0.2, 0) is 13.7 Å². The molecule has 0 unspecified atom stereocenters. The van der Waals surface area contributed by atoms with Gasteiger partial charge >= 0.3 is 0 Å². The van der Waals surface area contributed by atoms with Gasteiger partial charge in [0, 0.05) is 35.2 Å². The zero-order chi connectivity index (χ0) is 16.5. The highest BCUT2D eigenvalue weighted by Crippen LogP contribution is 2.44. The molecule has 0 N–H and O–H groups in total. The van der Waals surface area contributed by atoms with Gasteiger partial charge in [-0.15, -0.1) is 0 Å². The van der Waals surface area contributed by atoms with Crippen molar-refractivity contribution in [3.8, 4) is 22.8 Å². The summed E-state index contributed by atoms with van der Waals surface area (Å²) in [6, 6.07) is 12.6. The standard InChI is InChI=1S/C21H19NO2/c1-21(2)9-8-13-10-15-16-12-23-18-7-5-4-6-14(18)20(16)22(3)17(15)11-19(13)24-21/h4-11H,12H2,1-3H3. The zero-order valence-corrected chi connectivity index (χ0v) is 14.1. The maximum absolute atomic E-state index is 6.15. The molecule has 5 rings (SSSR count). The minimum absolute atomic E-state index is 0.263. The highest BCUT2D eigenvalue weighted by atomic mass is 16.5. The van der Waals surface area contributed by atoms with Gasteiger partial charge in [-0.1, -0.05) is 18.2 Å². The molecule has 0 atom stereocenters. The molecule has 0 saturated carbocycles. The summed E-state index contributed by atoms with van der Waals surface area (Å²) in [6.07, 6.45) is 4.28. The number of benzene rings is 2. The summed E-state index contributed by atoms with van der Waals surface area (Å²) in [6.45, 7) is 4.77. The molecule has 1 aromatic heterocycles. The van der Waals surface area contributed by atoms with E-state index >= 15 is 0 Å². The average molecular weight is 317 g/mol. The fourth-order valence-electron chi connectivity index (χ4n) is 3.81. The summed E-state index contributed by atoms with van der Waals surface area (Å²) in [5.41, 5.74) is 5.72. The fraction of sp³-hybridized carbons (Fsp3) is 0.238. The lowest BCUT2D eigenvalue weighted by molar-refractivity contribution is 0.159. The predicted octanol–water partition coefficient (Wildman–Crippen LogP) is 4.92. The molecular weight excluding hydrogens is 298 g/mol. The molecule has 0 spiro atoms. The smallest absolute Gasteiger partial charge is 0.129 e. The number of hydrogen-bond donors (Lipinski definition) is 0. The van der Waals surface area contributed by atoms with E-state index in [1.807, 2.05) is 12.1 Å². The molecular formula is C21H19NO2. The van der Waals surface area contributed by atoms with Crippen molar-refractivity contribution in [2.45, 2.75) is 26.1 Å². The largest absolute Gasteiger partial charge is 0.488 e. The summed E-state index contributed by atoms with van der Waals surface area (Å²) in [5, 5.41) is 1.24. The molecule has 0 saturated heterocycles. The number of aromatic nitrogens is 1. The van der Waals surface area contributed by atoms with Crippen molar-refractivity contribution in [3.05, 3.63) is 53.6 Å². The molecule has 0 aliphatic carbocycles. The maximum atomic E-state index is 6.15. The lowest BCUT2D eigenvalue weighted by Gasteiger charge is -2.28. The van der Waals surface area contributed by atoms with Crippen LogP contribution in [0.15, 0.2) is 42.5 Å². The van der Waals surface area contributed by atoms with Gasteiger partial charge in [0.1, 0.15) is 23.7 Å². The Morgan fingerprint density at radius 3 is 2.79 bits per heavy atom. The van der Waals surface area contributed by atoms with Gasteiger partial charge in [-0.05, 0) is 38.1 Å². The summed E-state index contributed by atoms with van der Waals surface area (Å²) in [4.78, 5) is 0. The van der Waals surface area contributed by atoms with Gasteiger partial charge in [-0.3, -0.25) is 0 Å². The molecule has 24 heavy (non-hydrogen) atoms. The van der Waals surface area contributed by atoms with E-state index in [0.717, 1.165) is 22.6 Å². The SMILES string of the molecule is Cn1c2c(c3cc4c(cc31)OC(C)(C)C=C4)COc1ccccc1-2. The molecule has 3 heterocycles. The lowest BCUT2D eigenvalue weighted by atomic mass is 9.98. The predicted molar refractivity (Wildman–Crippen MR) is 96.4 cm³/mol. The molecule has 2 aromatic carbocycles. The third kappa shape index (κ3) is 1.78. The van der Waals surface area contributed by atoms with Crippen LogP contribution in [0.2, 0.25) is 0 Å². The van der Waals surface area contributed by atoms with Crippen molar-refractivity contribution in [2.75, 3.05) is 0 Å². The van der Waals surface area contributed by atoms with E-state index < -0.39 is 0 Å². The topological polar surface area (TPSA) is 23.4 Å². The molecule has 120 valence electrons. The average Bonchev–Trinajstić information content (AvgIpc) is 2.85. The molecule has 0 bridgehead atoms. The minimum Gasteiger partial charge on any atom is -0.488 e. The van der Waals surface area contributed by atoms with Gasteiger partial charge in [0.25, 0.3) is 0 Å². The maximum Gasteiger partial charge on any atom is 0.129 e. The molecule has 3 aromatic rings. The molecule has 2 aliphatic rings. The van der Waals surface area contributed by atoms with Gasteiger partial charge in [-0.2, -0.15) is 0 Å². The molecule has 0 radical (unpaired) electrons. The van der Waals surface area contributed by atoms with Crippen molar-refractivity contribution in [1.29, 1.82) is 0 Å². The molecule has 2 aliphatic heterocycles. The fourth-order valence-corrected chi connectivity index (χ4v) is 3.81. The Morgan fingerprint density at radius 2 is 1.92 bits per heavy atom. The summed E-state index contributed by atoms with van der Waals surface area (Å²) < 4.78 is 14.4. The molecule has 0 fully saturated rings. The van der Waals surface area contributed by atoms with E-state index in [4.69, 9.17) is 9.47 Å². The van der Waals surface area contributed by atoms with Crippen LogP contribution >= 0.6 is 0 Å². The second-order valence-corrected chi connectivity index (χ2v) is 7.12. The Morgan fingerprint density at radius 1 is 1.08 bits per heavy atom. The lowest BCUT2D eigenvalue weighted by Crippen LogP contribution is -2.27. The first-order valence-corrected chi connectivity index (χ1v) is 8.29. The van der Waals surface area contributed by atoms with Crippen molar-refractivity contribution < 1.29 is 9.47 Å². The van der Waals surface area contributed by atoms with E-state index in [2.05, 4.69) is 61.9 Å². The van der Waals surface area contributed by atoms with E-state index in [0.29, 0.717) is 6.61 Å². The number of nitrogens with zero attached hydrogens (tertiary/aromatic N) is 1. The molecule has 3 nitrogen and oxygen atoms in total. The first-order chi connectivity index (χ1) is 11.5. The van der Waals surface area contributed by atoms with E-state index in [-0.39, 0.29) is 5.60 Å². The first-order valence-electron chi connectivity index (χ1n) is 8.29. The number of aryl methyl sites for hydroxylation is 1. The van der Waals surface area contributed by atoms with E-state index in [1.165, 1.54) is 22.2 Å². The van der Waals surface area contributed by atoms with Gasteiger partial charge < -0.3 is 14.0 Å². The number of ether oxygens (including phenoxy) is 2. The van der Waals surface area contributed by atoms with Gasteiger partial charge in [0.05, 0.1) is 11.2 Å². The van der Waals surface area contributed by atoms with Crippen LogP contribution in [0, 0.1) is 0 Å².